The topological polar surface area (TPSA) is 38.9 Å². The first kappa shape index (κ1) is 11.1. The predicted molar refractivity (Wildman–Crippen MR) is 62.4 cm³/mol. The summed E-state index contributed by atoms with van der Waals surface area (Å²) in [5.74, 6) is 1.19. The lowest BCUT2D eigenvalue weighted by atomic mass is 10.1. The number of nitrogens with zero attached hydrogens (tertiary/aromatic N) is 2. The first-order valence-corrected chi connectivity index (χ1v) is 5.76. The molecule has 2 rings (SSSR count). The molecule has 1 atom stereocenters. The summed E-state index contributed by atoms with van der Waals surface area (Å²) in [6, 6.07) is 9.72. The molecule has 0 aliphatic carbocycles. The van der Waals surface area contributed by atoms with Crippen LogP contribution in [-0.2, 0) is 6.42 Å². The number of aryl methyl sites for hydroxylation is 1. The van der Waals surface area contributed by atoms with E-state index in [0.29, 0.717) is 5.89 Å². The fourth-order valence-electron chi connectivity index (χ4n) is 1.46. The molecule has 0 bridgehead atoms. The molecular weight excluding hydrogens is 224 g/mol. The van der Waals surface area contributed by atoms with Gasteiger partial charge < -0.3 is 4.52 Å². The van der Waals surface area contributed by atoms with E-state index in [1.165, 1.54) is 0 Å². The maximum Gasteiger partial charge on any atom is 0.249 e. The molecule has 0 fully saturated rings. The fourth-order valence-corrected chi connectivity index (χ4v) is 1.69. The van der Waals surface area contributed by atoms with E-state index >= 15 is 0 Å². The van der Waals surface area contributed by atoms with E-state index in [1.807, 2.05) is 30.3 Å². The van der Waals surface area contributed by atoms with Gasteiger partial charge in [0.15, 0.2) is 5.82 Å². The molecule has 1 unspecified atom stereocenters. The highest BCUT2D eigenvalue weighted by atomic mass is 35.5. The van der Waals surface area contributed by atoms with Crippen molar-refractivity contribution in [1.82, 2.24) is 10.1 Å². The van der Waals surface area contributed by atoms with E-state index in [4.69, 9.17) is 16.1 Å². The van der Waals surface area contributed by atoms with E-state index in [9.17, 15) is 0 Å². The Labute approximate surface area is 99.4 Å². The molecule has 1 aromatic heterocycles. The van der Waals surface area contributed by atoms with Crippen LogP contribution in [0.2, 0.25) is 0 Å². The van der Waals surface area contributed by atoms with Gasteiger partial charge in [0.2, 0.25) is 5.89 Å². The Bertz CT molecular complexity index is 441. The van der Waals surface area contributed by atoms with Crippen molar-refractivity contribution in [2.24, 2.45) is 0 Å². The molecule has 84 valence electrons. The van der Waals surface area contributed by atoms with Gasteiger partial charge >= 0.3 is 0 Å². The molecule has 0 saturated heterocycles. The summed E-state index contributed by atoms with van der Waals surface area (Å²) in [5, 5.41) is 3.52. The summed E-state index contributed by atoms with van der Waals surface area (Å²) in [7, 11) is 0. The van der Waals surface area contributed by atoms with Crippen molar-refractivity contribution < 1.29 is 4.52 Å². The van der Waals surface area contributed by atoms with Crippen molar-refractivity contribution in [3.8, 4) is 0 Å². The number of halogens is 1. The van der Waals surface area contributed by atoms with Crippen LogP contribution in [0.3, 0.4) is 0 Å². The molecule has 3 nitrogen and oxygen atoms in total. The molecular formula is C12H13ClN2O. The Balaban J connectivity index is 2.17. The number of rotatable bonds is 4. The summed E-state index contributed by atoms with van der Waals surface area (Å²) in [6.07, 6.45) is 1.82. The zero-order valence-electron chi connectivity index (χ0n) is 9.06. The third-order valence-electron chi connectivity index (χ3n) is 2.27. The van der Waals surface area contributed by atoms with E-state index in [-0.39, 0.29) is 5.38 Å². The summed E-state index contributed by atoms with van der Waals surface area (Å²) in [5.41, 5.74) is 0.968. The first-order valence-electron chi connectivity index (χ1n) is 5.32. The largest absolute Gasteiger partial charge is 0.337 e. The monoisotopic (exact) mass is 236 g/mol. The van der Waals surface area contributed by atoms with Crippen molar-refractivity contribution in [1.29, 1.82) is 0 Å². The van der Waals surface area contributed by atoms with Gasteiger partial charge in [0.1, 0.15) is 5.38 Å². The summed E-state index contributed by atoms with van der Waals surface area (Å²) in [4.78, 5) is 4.27. The van der Waals surface area contributed by atoms with Crippen molar-refractivity contribution in [3.63, 3.8) is 0 Å². The van der Waals surface area contributed by atoms with E-state index in [1.54, 1.807) is 0 Å². The van der Waals surface area contributed by atoms with Crippen LogP contribution >= 0.6 is 11.6 Å². The summed E-state index contributed by atoms with van der Waals surface area (Å²) < 4.78 is 5.14. The molecule has 0 saturated carbocycles. The zero-order chi connectivity index (χ0) is 11.4. The Morgan fingerprint density at radius 3 is 2.75 bits per heavy atom. The van der Waals surface area contributed by atoms with Gasteiger partial charge in [-0.1, -0.05) is 42.4 Å². The molecule has 0 aliphatic rings. The highest BCUT2D eigenvalue weighted by Gasteiger charge is 2.17. The van der Waals surface area contributed by atoms with Gasteiger partial charge in [-0.2, -0.15) is 4.98 Å². The molecule has 0 amide bonds. The molecule has 0 N–H and O–H groups in total. The molecule has 16 heavy (non-hydrogen) atoms. The Kier molecular flexibility index (Phi) is 3.57. The van der Waals surface area contributed by atoms with Gasteiger partial charge in [-0.25, -0.2) is 0 Å². The number of benzene rings is 1. The van der Waals surface area contributed by atoms with Crippen LogP contribution in [0.25, 0.3) is 0 Å². The average molecular weight is 237 g/mol. The van der Waals surface area contributed by atoms with Crippen molar-refractivity contribution >= 4 is 11.6 Å². The van der Waals surface area contributed by atoms with Crippen LogP contribution in [-0.4, -0.2) is 10.1 Å². The minimum Gasteiger partial charge on any atom is -0.337 e. The lowest BCUT2D eigenvalue weighted by Gasteiger charge is -2.03. The normalized spacial score (nSPS) is 12.6. The third kappa shape index (κ3) is 2.42. The molecule has 0 aliphatic heterocycles. The molecule has 0 spiro atoms. The number of alkyl halides is 1. The van der Waals surface area contributed by atoms with Gasteiger partial charge in [-0.15, -0.1) is 11.6 Å². The lowest BCUT2D eigenvalue weighted by molar-refractivity contribution is 0.376. The van der Waals surface area contributed by atoms with Crippen molar-refractivity contribution in [2.75, 3.05) is 0 Å². The molecule has 1 aromatic carbocycles. The average Bonchev–Trinajstić information content (AvgIpc) is 2.78. The Morgan fingerprint density at radius 2 is 2.06 bits per heavy atom. The molecule has 0 radical (unpaired) electrons. The van der Waals surface area contributed by atoms with Gasteiger partial charge in [0.25, 0.3) is 0 Å². The van der Waals surface area contributed by atoms with Crippen molar-refractivity contribution in [3.05, 3.63) is 47.6 Å². The van der Waals surface area contributed by atoms with E-state index < -0.39 is 0 Å². The quantitative estimate of drug-likeness (QED) is 0.765. The standard InChI is InChI=1S/C12H13ClN2O/c1-2-6-10-14-12(16-15-10)11(13)9-7-4-3-5-8-9/h3-5,7-8,11H,2,6H2,1H3. The second kappa shape index (κ2) is 5.12. The highest BCUT2D eigenvalue weighted by molar-refractivity contribution is 6.22. The first-order chi connectivity index (χ1) is 7.81. The maximum atomic E-state index is 6.25. The van der Waals surface area contributed by atoms with Gasteiger partial charge in [0.05, 0.1) is 0 Å². The van der Waals surface area contributed by atoms with Crippen LogP contribution in [0, 0.1) is 0 Å². The van der Waals surface area contributed by atoms with E-state index in [2.05, 4.69) is 17.1 Å². The smallest absolute Gasteiger partial charge is 0.249 e. The van der Waals surface area contributed by atoms with Crippen molar-refractivity contribution in [2.45, 2.75) is 25.1 Å². The zero-order valence-corrected chi connectivity index (χ0v) is 9.81. The minimum absolute atomic E-state index is 0.362. The highest BCUT2D eigenvalue weighted by Crippen LogP contribution is 2.26. The van der Waals surface area contributed by atoms with Crippen LogP contribution in [0.1, 0.15) is 36.0 Å². The summed E-state index contributed by atoms with van der Waals surface area (Å²) >= 11 is 6.25. The van der Waals surface area contributed by atoms with Gasteiger partial charge in [-0.3, -0.25) is 0 Å². The lowest BCUT2D eigenvalue weighted by Crippen LogP contribution is -1.94. The fraction of sp³-hybridized carbons (Fsp3) is 0.333. The van der Waals surface area contributed by atoms with Gasteiger partial charge in [0, 0.05) is 6.42 Å². The predicted octanol–water partition coefficient (Wildman–Crippen LogP) is 3.35. The van der Waals surface area contributed by atoms with Gasteiger partial charge in [-0.05, 0) is 12.0 Å². The van der Waals surface area contributed by atoms with Crippen LogP contribution in [0.5, 0.6) is 0 Å². The molecule has 4 heteroatoms. The molecule has 1 heterocycles. The minimum atomic E-state index is -0.362. The Morgan fingerprint density at radius 1 is 1.31 bits per heavy atom. The molecule has 2 aromatic rings. The SMILES string of the molecule is CCCc1noc(C(Cl)c2ccccc2)n1. The third-order valence-corrected chi connectivity index (χ3v) is 2.71. The van der Waals surface area contributed by atoms with Crippen LogP contribution in [0.4, 0.5) is 0 Å². The van der Waals surface area contributed by atoms with Crippen LogP contribution < -0.4 is 0 Å². The Hall–Kier alpha value is -1.35. The number of aromatic nitrogens is 2. The second-order valence-corrected chi connectivity index (χ2v) is 4.01. The number of hydrogen-bond acceptors (Lipinski definition) is 3. The van der Waals surface area contributed by atoms with E-state index in [0.717, 1.165) is 24.2 Å². The van der Waals surface area contributed by atoms with Crippen LogP contribution in [0.15, 0.2) is 34.9 Å². The number of hydrogen-bond donors (Lipinski definition) is 0. The second-order valence-electron chi connectivity index (χ2n) is 3.57. The maximum absolute atomic E-state index is 6.25. The summed E-state index contributed by atoms with van der Waals surface area (Å²) in [6.45, 7) is 2.07.